The summed E-state index contributed by atoms with van der Waals surface area (Å²) >= 11 is 0. The summed E-state index contributed by atoms with van der Waals surface area (Å²) in [6.45, 7) is 4.12. The highest BCUT2D eigenvalue weighted by Gasteiger charge is 2.15. The lowest BCUT2D eigenvalue weighted by Gasteiger charge is -2.20. The minimum absolute atomic E-state index is 0.0313. The summed E-state index contributed by atoms with van der Waals surface area (Å²) in [6.07, 6.45) is 0.110. The van der Waals surface area contributed by atoms with E-state index in [4.69, 9.17) is 0 Å². The molecule has 0 aliphatic carbocycles. The summed E-state index contributed by atoms with van der Waals surface area (Å²) in [6, 6.07) is 14.4. The monoisotopic (exact) mass is 344 g/mol. The number of amides is 2. The van der Waals surface area contributed by atoms with E-state index < -0.39 is 6.10 Å². The fourth-order valence-corrected chi connectivity index (χ4v) is 2.68. The number of halogens is 1. The number of aliphatic hydroxyl groups excluding tert-OH is 1. The van der Waals surface area contributed by atoms with Crippen molar-refractivity contribution in [3.05, 3.63) is 71.0 Å². The van der Waals surface area contributed by atoms with Crippen LogP contribution in [-0.2, 0) is 6.54 Å². The number of hydrogen-bond donors (Lipinski definition) is 3. The van der Waals surface area contributed by atoms with Gasteiger partial charge in [-0.2, -0.15) is 0 Å². The Labute approximate surface area is 148 Å². The predicted molar refractivity (Wildman–Crippen MR) is 96.9 cm³/mol. The van der Waals surface area contributed by atoms with Crippen LogP contribution in [0.15, 0.2) is 48.5 Å². The lowest BCUT2D eigenvalue weighted by atomic mass is 9.93. The quantitative estimate of drug-likeness (QED) is 0.720. The van der Waals surface area contributed by atoms with Gasteiger partial charge in [0.15, 0.2) is 0 Å². The molecule has 2 atom stereocenters. The molecule has 2 amide bonds. The minimum Gasteiger partial charge on any atom is -0.393 e. The molecule has 4 nitrogen and oxygen atoms in total. The lowest BCUT2D eigenvalue weighted by Crippen LogP contribution is -2.37. The van der Waals surface area contributed by atoms with Crippen LogP contribution in [0.25, 0.3) is 0 Å². The zero-order valence-electron chi connectivity index (χ0n) is 14.6. The second-order valence-electron chi connectivity index (χ2n) is 6.34. The first-order chi connectivity index (χ1) is 12.0. The third kappa shape index (κ3) is 6.19. The van der Waals surface area contributed by atoms with Gasteiger partial charge in [-0.25, -0.2) is 9.18 Å². The van der Waals surface area contributed by atoms with Crippen LogP contribution < -0.4 is 10.6 Å². The summed E-state index contributed by atoms with van der Waals surface area (Å²) in [4.78, 5) is 12.0. The molecule has 0 aliphatic heterocycles. The molecule has 0 bridgehead atoms. The highest BCUT2D eigenvalue weighted by Crippen LogP contribution is 2.20. The van der Waals surface area contributed by atoms with Gasteiger partial charge in [-0.05, 0) is 43.0 Å². The Hall–Kier alpha value is -2.40. The molecule has 0 aliphatic rings. The van der Waals surface area contributed by atoms with E-state index >= 15 is 0 Å². The molecule has 0 aromatic heterocycles. The summed E-state index contributed by atoms with van der Waals surface area (Å²) in [5, 5.41) is 15.2. The molecule has 134 valence electrons. The van der Waals surface area contributed by atoms with Crippen LogP contribution in [0, 0.1) is 12.7 Å². The molecular weight excluding hydrogens is 319 g/mol. The summed E-state index contributed by atoms with van der Waals surface area (Å²) in [7, 11) is 0. The lowest BCUT2D eigenvalue weighted by molar-refractivity contribution is 0.173. The molecular formula is C20H25FN2O2. The molecule has 2 aromatic rings. The topological polar surface area (TPSA) is 61.4 Å². The van der Waals surface area contributed by atoms with Crippen molar-refractivity contribution in [2.45, 2.75) is 38.8 Å². The van der Waals surface area contributed by atoms with Gasteiger partial charge in [-0.3, -0.25) is 0 Å². The first-order valence-corrected chi connectivity index (χ1v) is 8.45. The number of benzene rings is 2. The van der Waals surface area contributed by atoms with Crippen molar-refractivity contribution in [1.29, 1.82) is 0 Å². The van der Waals surface area contributed by atoms with Crippen molar-refractivity contribution in [2.75, 3.05) is 6.54 Å². The zero-order valence-corrected chi connectivity index (χ0v) is 14.6. The molecule has 25 heavy (non-hydrogen) atoms. The van der Waals surface area contributed by atoms with E-state index in [1.165, 1.54) is 6.07 Å². The van der Waals surface area contributed by atoms with Crippen molar-refractivity contribution in [3.8, 4) is 0 Å². The minimum atomic E-state index is -0.453. The van der Waals surface area contributed by atoms with E-state index in [1.807, 2.05) is 30.3 Å². The van der Waals surface area contributed by atoms with Crippen LogP contribution in [0.3, 0.4) is 0 Å². The SMILES string of the molecule is Cc1ccc(CNC(=O)NCC(CC(C)O)c2ccccc2)cc1F. The molecule has 2 rings (SSSR count). The maximum atomic E-state index is 13.5. The number of aryl methyl sites for hydroxylation is 1. The summed E-state index contributed by atoms with van der Waals surface area (Å²) in [5.41, 5.74) is 2.36. The van der Waals surface area contributed by atoms with Crippen molar-refractivity contribution in [3.63, 3.8) is 0 Å². The second-order valence-corrected chi connectivity index (χ2v) is 6.34. The Morgan fingerprint density at radius 1 is 1.16 bits per heavy atom. The largest absolute Gasteiger partial charge is 0.393 e. The smallest absolute Gasteiger partial charge is 0.315 e. The molecule has 3 N–H and O–H groups in total. The fraction of sp³-hybridized carbons (Fsp3) is 0.350. The molecule has 0 fully saturated rings. The van der Waals surface area contributed by atoms with Gasteiger partial charge in [0, 0.05) is 19.0 Å². The van der Waals surface area contributed by atoms with E-state index in [0.29, 0.717) is 24.1 Å². The maximum absolute atomic E-state index is 13.5. The Kier molecular flexibility index (Phi) is 6.95. The van der Waals surface area contributed by atoms with Crippen LogP contribution in [0.4, 0.5) is 9.18 Å². The molecule has 0 heterocycles. The van der Waals surface area contributed by atoms with E-state index in [9.17, 15) is 14.3 Å². The zero-order chi connectivity index (χ0) is 18.2. The normalized spacial score (nSPS) is 13.1. The Balaban J connectivity index is 1.86. The predicted octanol–water partition coefficient (Wildman–Crippen LogP) is 3.49. The number of hydrogen-bond acceptors (Lipinski definition) is 2. The van der Waals surface area contributed by atoms with E-state index in [2.05, 4.69) is 10.6 Å². The molecule has 5 heteroatoms. The van der Waals surface area contributed by atoms with Gasteiger partial charge in [0.05, 0.1) is 6.10 Å². The van der Waals surface area contributed by atoms with Crippen LogP contribution in [0.5, 0.6) is 0 Å². The number of carbonyl (C=O) groups excluding carboxylic acids is 1. The highest BCUT2D eigenvalue weighted by molar-refractivity contribution is 5.73. The van der Waals surface area contributed by atoms with Crippen LogP contribution in [-0.4, -0.2) is 23.8 Å². The summed E-state index contributed by atoms with van der Waals surface area (Å²) in [5.74, 6) is -0.246. The number of aliphatic hydroxyl groups is 1. The number of carbonyl (C=O) groups is 1. The van der Waals surface area contributed by atoms with Crippen molar-refractivity contribution >= 4 is 6.03 Å². The molecule has 0 saturated carbocycles. The second kappa shape index (κ2) is 9.18. The summed E-state index contributed by atoms with van der Waals surface area (Å²) < 4.78 is 13.5. The van der Waals surface area contributed by atoms with Gasteiger partial charge in [0.25, 0.3) is 0 Å². The molecule has 0 saturated heterocycles. The third-order valence-corrected chi connectivity index (χ3v) is 4.09. The molecule has 2 unspecified atom stereocenters. The van der Waals surface area contributed by atoms with Crippen molar-refractivity contribution in [1.82, 2.24) is 10.6 Å². The third-order valence-electron chi connectivity index (χ3n) is 4.09. The van der Waals surface area contributed by atoms with Gasteiger partial charge >= 0.3 is 6.03 Å². The van der Waals surface area contributed by atoms with E-state index in [-0.39, 0.29) is 24.3 Å². The van der Waals surface area contributed by atoms with Crippen molar-refractivity contribution in [2.24, 2.45) is 0 Å². The Morgan fingerprint density at radius 2 is 1.88 bits per heavy atom. The van der Waals surface area contributed by atoms with E-state index in [0.717, 1.165) is 5.56 Å². The van der Waals surface area contributed by atoms with Gasteiger partial charge in [-0.15, -0.1) is 0 Å². The van der Waals surface area contributed by atoms with Crippen LogP contribution in [0.1, 0.15) is 36.0 Å². The highest BCUT2D eigenvalue weighted by atomic mass is 19.1. The van der Waals surface area contributed by atoms with Crippen molar-refractivity contribution < 1.29 is 14.3 Å². The number of rotatable bonds is 7. The van der Waals surface area contributed by atoms with Crippen LogP contribution >= 0.6 is 0 Å². The number of nitrogens with one attached hydrogen (secondary N) is 2. The first-order valence-electron chi connectivity index (χ1n) is 8.45. The standard InChI is InChI=1S/C20H25FN2O2/c1-14-8-9-16(11-19(14)21)12-22-20(25)23-13-18(10-15(2)24)17-6-4-3-5-7-17/h3-9,11,15,18,24H,10,12-13H2,1-2H3,(H2,22,23,25). The molecule has 2 aromatic carbocycles. The molecule has 0 spiro atoms. The average molecular weight is 344 g/mol. The van der Waals surface area contributed by atoms with Gasteiger partial charge in [0.1, 0.15) is 5.82 Å². The average Bonchev–Trinajstić information content (AvgIpc) is 2.60. The molecule has 0 radical (unpaired) electrons. The fourth-order valence-electron chi connectivity index (χ4n) is 2.68. The van der Waals surface area contributed by atoms with Gasteiger partial charge in [0.2, 0.25) is 0 Å². The number of urea groups is 1. The van der Waals surface area contributed by atoms with Crippen LogP contribution in [0.2, 0.25) is 0 Å². The van der Waals surface area contributed by atoms with Gasteiger partial charge in [-0.1, -0.05) is 42.5 Å². The van der Waals surface area contributed by atoms with E-state index in [1.54, 1.807) is 26.0 Å². The Morgan fingerprint density at radius 3 is 2.52 bits per heavy atom. The Bertz CT molecular complexity index is 689. The van der Waals surface area contributed by atoms with Gasteiger partial charge < -0.3 is 15.7 Å². The first kappa shape index (κ1) is 18.9. The maximum Gasteiger partial charge on any atom is 0.315 e.